The summed E-state index contributed by atoms with van der Waals surface area (Å²) >= 11 is 0. The van der Waals surface area contributed by atoms with E-state index in [1.807, 2.05) is 6.20 Å². The molecule has 0 aliphatic carbocycles. The second-order valence-electron chi connectivity index (χ2n) is 6.70. The molecule has 0 bridgehead atoms. The summed E-state index contributed by atoms with van der Waals surface area (Å²) in [5.74, 6) is 1.12. The number of methoxy groups -OCH3 is 1. The molecule has 1 aromatic rings. The van der Waals surface area contributed by atoms with E-state index in [1.54, 1.807) is 7.11 Å². The number of nitrogens with one attached hydrogen (secondary N) is 1. The molecule has 2 rings (SSSR count). The topological polar surface area (TPSA) is 37.4 Å². The Bertz CT molecular complexity index is 417. The average molecular weight is 291 g/mol. The van der Waals surface area contributed by atoms with Gasteiger partial charge in [0.2, 0.25) is 0 Å². The smallest absolute Gasteiger partial charge is 0.128 e. The van der Waals surface area contributed by atoms with Gasteiger partial charge < -0.3 is 15.0 Å². The highest BCUT2D eigenvalue weighted by atomic mass is 16.5. The summed E-state index contributed by atoms with van der Waals surface area (Å²) in [4.78, 5) is 7.07. The predicted octanol–water partition coefficient (Wildman–Crippen LogP) is 2.83. The zero-order valence-electron chi connectivity index (χ0n) is 13.7. The summed E-state index contributed by atoms with van der Waals surface area (Å²) < 4.78 is 5.02. The van der Waals surface area contributed by atoms with Crippen LogP contribution in [0.5, 0.6) is 0 Å². The van der Waals surface area contributed by atoms with Crippen molar-refractivity contribution < 1.29 is 4.74 Å². The van der Waals surface area contributed by atoms with Gasteiger partial charge in [0, 0.05) is 39.5 Å². The van der Waals surface area contributed by atoms with E-state index in [2.05, 4.69) is 41.2 Å². The van der Waals surface area contributed by atoms with Crippen LogP contribution >= 0.6 is 0 Å². The Morgan fingerprint density at radius 3 is 2.86 bits per heavy atom. The largest absolute Gasteiger partial charge is 0.383 e. The van der Waals surface area contributed by atoms with E-state index in [1.165, 1.54) is 24.8 Å². The minimum Gasteiger partial charge on any atom is -0.383 e. The molecule has 4 heteroatoms. The first kappa shape index (κ1) is 16.2. The standard InChI is InChI=1S/C17H29N3O/c1-17(2)7-4-10-20(11-8-17)16-6-5-15(14-19-16)13-18-9-12-21-3/h5-6,14,18H,4,7-13H2,1-3H3. The van der Waals surface area contributed by atoms with Gasteiger partial charge >= 0.3 is 0 Å². The molecule has 0 amide bonds. The van der Waals surface area contributed by atoms with Crippen molar-refractivity contribution >= 4 is 5.82 Å². The van der Waals surface area contributed by atoms with Crippen molar-refractivity contribution in [1.82, 2.24) is 10.3 Å². The van der Waals surface area contributed by atoms with Crippen LogP contribution < -0.4 is 10.2 Å². The van der Waals surface area contributed by atoms with Gasteiger partial charge in [-0.05, 0) is 36.3 Å². The van der Waals surface area contributed by atoms with Crippen LogP contribution in [0.2, 0.25) is 0 Å². The van der Waals surface area contributed by atoms with Crippen LogP contribution in [-0.2, 0) is 11.3 Å². The highest BCUT2D eigenvalue weighted by Crippen LogP contribution is 2.31. The minimum absolute atomic E-state index is 0.472. The molecule has 0 unspecified atom stereocenters. The number of ether oxygens (including phenoxy) is 1. The van der Waals surface area contributed by atoms with Gasteiger partial charge in [-0.15, -0.1) is 0 Å². The Balaban J connectivity index is 1.86. The first-order valence-corrected chi connectivity index (χ1v) is 8.00. The maximum Gasteiger partial charge on any atom is 0.128 e. The van der Waals surface area contributed by atoms with E-state index in [0.717, 1.165) is 38.6 Å². The quantitative estimate of drug-likeness (QED) is 0.818. The third kappa shape index (κ3) is 5.29. The molecule has 1 aliphatic heterocycles. The van der Waals surface area contributed by atoms with Gasteiger partial charge in [-0.3, -0.25) is 0 Å². The molecule has 0 spiro atoms. The molecule has 2 heterocycles. The monoisotopic (exact) mass is 291 g/mol. The van der Waals surface area contributed by atoms with Crippen LogP contribution in [0.25, 0.3) is 0 Å². The number of hydrogen-bond donors (Lipinski definition) is 1. The molecule has 1 aliphatic rings. The van der Waals surface area contributed by atoms with Gasteiger partial charge in [-0.2, -0.15) is 0 Å². The molecular formula is C17H29N3O. The molecule has 0 aromatic carbocycles. The van der Waals surface area contributed by atoms with E-state index >= 15 is 0 Å². The minimum atomic E-state index is 0.472. The maximum atomic E-state index is 5.02. The van der Waals surface area contributed by atoms with Gasteiger partial charge in [-0.25, -0.2) is 4.98 Å². The summed E-state index contributed by atoms with van der Waals surface area (Å²) in [5.41, 5.74) is 1.70. The summed E-state index contributed by atoms with van der Waals surface area (Å²) in [6.07, 6.45) is 5.81. The zero-order chi connectivity index (χ0) is 15.1. The van der Waals surface area contributed by atoms with Crippen molar-refractivity contribution in [2.45, 2.75) is 39.7 Å². The fourth-order valence-electron chi connectivity index (χ4n) is 2.77. The Morgan fingerprint density at radius 2 is 2.14 bits per heavy atom. The lowest BCUT2D eigenvalue weighted by Crippen LogP contribution is -2.26. The van der Waals surface area contributed by atoms with Gasteiger partial charge in [-0.1, -0.05) is 19.9 Å². The highest BCUT2D eigenvalue weighted by Gasteiger charge is 2.23. The van der Waals surface area contributed by atoms with Crippen LogP contribution in [-0.4, -0.2) is 38.3 Å². The maximum absolute atomic E-state index is 5.02. The van der Waals surface area contributed by atoms with Crippen molar-refractivity contribution in [1.29, 1.82) is 0 Å². The number of aromatic nitrogens is 1. The second-order valence-corrected chi connectivity index (χ2v) is 6.70. The Morgan fingerprint density at radius 1 is 1.29 bits per heavy atom. The third-order valence-electron chi connectivity index (χ3n) is 4.29. The Hall–Kier alpha value is -1.13. The third-order valence-corrected chi connectivity index (χ3v) is 4.29. The molecule has 1 N–H and O–H groups in total. The molecule has 1 aromatic heterocycles. The van der Waals surface area contributed by atoms with Crippen molar-refractivity contribution in [3.63, 3.8) is 0 Å². The lowest BCUT2D eigenvalue weighted by atomic mass is 9.85. The van der Waals surface area contributed by atoms with Gasteiger partial charge in [0.05, 0.1) is 6.61 Å². The van der Waals surface area contributed by atoms with E-state index < -0.39 is 0 Å². The number of nitrogens with zero attached hydrogens (tertiary/aromatic N) is 2. The van der Waals surface area contributed by atoms with E-state index in [0.29, 0.717) is 5.41 Å². The average Bonchev–Trinajstić information content (AvgIpc) is 2.65. The van der Waals surface area contributed by atoms with Crippen molar-refractivity contribution in [2.24, 2.45) is 5.41 Å². The number of pyridine rings is 1. The van der Waals surface area contributed by atoms with Crippen molar-refractivity contribution in [3.8, 4) is 0 Å². The van der Waals surface area contributed by atoms with Crippen LogP contribution in [0.15, 0.2) is 18.3 Å². The first-order chi connectivity index (χ1) is 10.1. The SMILES string of the molecule is COCCNCc1ccc(N2CCCC(C)(C)CC2)nc1. The molecule has 0 radical (unpaired) electrons. The molecule has 1 saturated heterocycles. The molecule has 0 saturated carbocycles. The normalized spacial score (nSPS) is 18.5. The molecular weight excluding hydrogens is 262 g/mol. The van der Waals surface area contributed by atoms with E-state index in [9.17, 15) is 0 Å². The fraction of sp³-hybridized carbons (Fsp3) is 0.706. The number of rotatable bonds is 6. The van der Waals surface area contributed by atoms with Crippen LogP contribution in [0.4, 0.5) is 5.82 Å². The van der Waals surface area contributed by atoms with Gasteiger partial charge in [0.25, 0.3) is 0 Å². The molecule has 21 heavy (non-hydrogen) atoms. The van der Waals surface area contributed by atoms with Crippen molar-refractivity contribution in [3.05, 3.63) is 23.9 Å². The summed E-state index contributed by atoms with van der Waals surface area (Å²) in [7, 11) is 1.72. The highest BCUT2D eigenvalue weighted by molar-refractivity contribution is 5.39. The molecule has 118 valence electrons. The lowest BCUT2D eigenvalue weighted by molar-refractivity contribution is 0.199. The molecule has 1 fully saturated rings. The van der Waals surface area contributed by atoms with Gasteiger partial charge in [0.1, 0.15) is 5.82 Å². The van der Waals surface area contributed by atoms with Gasteiger partial charge in [0.15, 0.2) is 0 Å². The van der Waals surface area contributed by atoms with E-state index in [4.69, 9.17) is 4.74 Å². The first-order valence-electron chi connectivity index (χ1n) is 8.00. The molecule has 0 atom stereocenters. The van der Waals surface area contributed by atoms with Crippen LogP contribution in [0.1, 0.15) is 38.7 Å². The predicted molar refractivity (Wildman–Crippen MR) is 87.7 cm³/mol. The Labute approximate surface area is 128 Å². The fourth-order valence-corrected chi connectivity index (χ4v) is 2.77. The molecule has 4 nitrogen and oxygen atoms in total. The summed E-state index contributed by atoms with van der Waals surface area (Å²) in [6.45, 7) is 9.46. The lowest BCUT2D eigenvalue weighted by Gasteiger charge is -2.24. The van der Waals surface area contributed by atoms with Crippen LogP contribution in [0, 0.1) is 5.41 Å². The van der Waals surface area contributed by atoms with Crippen LogP contribution in [0.3, 0.4) is 0 Å². The Kier molecular flexibility index (Phi) is 6.00. The van der Waals surface area contributed by atoms with E-state index in [-0.39, 0.29) is 0 Å². The summed E-state index contributed by atoms with van der Waals surface area (Å²) in [6, 6.07) is 4.34. The second kappa shape index (κ2) is 7.76. The zero-order valence-corrected chi connectivity index (χ0v) is 13.7. The van der Waals surface area contributed by atoms with Crippen molar-refractivity contribution in [2.75, 3.05) is 38.3 Å². The number of anilines is 1. The summed E-state index contributed by atoms with van der Waals surface area (Å²) in [5, 5.41) is 3.34. The number of hydrogen-bond acceptors (Lipinski definition) is 4.